The molecule has 1 N–H and O–H groups in total. The van der Waals surface area contributed by atoms with E-state index in [9.17, 15) is 14.7 Å². The minimum Gasteiger partial charge on any atom is -0.478 e. The van der Waals surface area contributed by atoms with E-state index in [1.807, 2.05) is 24.3 Å². The maximum absolute atomic E-state index is 11.8. The summed E-state index contributed by atoms with van der Waals surface area (Å²) in [4.78, 5) is 23.0. The van der Waals surface area contributed by atoms with Gasteiger partial charge in [-0.2, -0.15) is 0 Å². The normalized spacial score (nSPS) is 10.6. The zero-order valence-corrected chi connectivity index (χ0v) is 17.8. The highest BCUT2D eigenvalue weighted by atomic mass is 16.5. The van der Waals surface area contributed by atoms with Crippen LogP contribution in [0.1, 0.15) is 26.3 Å². The highest BCUT2D eigenvalue weighted by Crippen LogP contribution is 2.33. The molecule has 0 aliphatic rings. The maximum Gasteiger partial charge on any atom is 0.337 e. The van der Waals surface area contributed by atoms with E-state index in [2.05, 4.69) is 49.4 Å². The van der Waals surface area contributed by atoms with Gasteiger partial charge in [0.05, 0.1) is 18.2 Å². The summed E-state index contributed by atoms with van der Waals surface area (Å²) in [6, 6.07) is 28.8. The van der Waals surface area contributed by atoms with Gasteiger partial charge in [-0.15, -0.1) is 0 Å². The molecule has 0 aliphatic heterocycles. The third kappa shape index (κ3) is 4.44. The van der Waals surface area contributed by atoms with Gasteiger partial charge < -0.3 is 9.84 Å². The van der Waals surface area contributed by atoms with Gasteiger partial charge in [0, 0.05) is 0 Å². The van der Waals surface area contributed by atoms with Crippen LogP contribution in [0.2, 0.25) is 0 Å². The zero-order valence-electron chi connectivity index (χ0n) is 17.8. The van der Waals surface area contributed by atoms with Crippen LogP contribution < -0.4 is 0 Å². The van der Waals surface area contributed by atoms with Crippen molar-refractivity contribution in [1.29, 1.82) is 0 Å². The highest BCUT2D eigenvalue weighted by molar-refractivity contribution is 5.91. The maximum atomic E-state index is 11.8. The number of aromatic carboxylic acids is 1. The van der Waals surface area contributed by atoms with Gasteiger partial charge in [-0.05, 0) is 82.8 Å². The van der Waals surface area contributed by atoms with Crippen LogP contribution in [0.25, 0.3) is 33.4 Å². The van der Waals surface area contributed by atoms with Gasteiger partial charge in [-0.1, -0.05) is 54.1 Å². The minimum atomic E-state index is -0.948. The van der Waals surface area contributed by atoms with E-state index in [1.165, 1.54) is 12.7 Å². The topological polar surface area (TPSA) is 63.6 Å². The number of methoxy groups -OCH3 is 1. The van der Waals surface area contributed by atoms with E-state index < -0.39 is 5.97 Å². The van der Waals surface area contributed by atoms with Crippen LogP contribution in [-0.2, 0) is 4.74 Å². The first-order chi connectivity index (χ1) is 15.4. The summed E-state index contributed by atoms with van der Waals surface area (Å²) in [5.41, 5.74) is 7.95. The first-order valence-electron chi connectivity index (χ1n) is 10.2. The molecular formula is C28H22O4. The molecule has 4 rings (SSSR count). The number of carbonyl (C=O) groups excluding carboxylic acids is 1. The van der Waals surface area contributed by atoms with E-state index in [0.717, 1.165) is 33.4 Å². The van der Waals surface area contributed by atoms with Crippen molar-refractivity contribution in [3.05, 3.63) is 108 Å². The van der Waals surface area contributed by atoms with Gasteiger partial charge in [-0.3, -0.25) is 0 Å². The Morgan fingerprint density at radius 1 is 0.594 bits per heavy atom. The number of hydrogen-bond acceptors (Lipinski definition) is 3. The lowest BCUT2D eigenvalue weighted by atomic mass is 9.92. The van der Waals surface area contributed by atoms with Crippen molar-refractivity contribution < 1.29 is 19.4 Å². The highest BCUT2D eigenvalue weighted by Gasteiger charge is 2.10. The summed E-state index contributed by atoms with van der Waals surface area (Å²) < 4.78 is 4.79. The average Bonchev–Trinajstić information content (AvgIpc) is 2.84. The number of esters is 1. The molecule has 0 amide bonds. The Balaban J connectivity index is 1.82. The molecule has 4 nitrogen and oxygen atoms in total. The summed E-state index contributed by atoms with van der Waals surface area (Å²) in [5, 5.41) is 9.20. The van der Waals surface area contributed by atoms with Gasteiger partial charge in [0.2, 0.25) is 0 Å². The molecule has 0 unspecified atom stereocenters. The number of carboxylic acid groups (broad SMARTS) is 1. The smallest absolute Gasteiger partial charge is 0.337 e. The molecule has 0 atom stereocenters. The quantitative estimate of drug-likeness (QED) is 0.374. The molecule has 4 aromatic carbocycles. The molecule has 158 valence electrons. The van der Waals surface area contributed by atoms with Crippen molar-refractivity contribution >= 4 is 11.9 Å². The number of benzene rings is 4. The number of ether oxygens (including phenoxy) is 1. The summed E-state index contributed by atoms with van der Waals surface area (Å²) in [6.45, 7) is 2.05. The molecule has 0 bridgehead atoms. The monoisotopic (exact) mass is 422 g/mol. The molecule has 4 aromatic rings. The molecular weight excluding hydrogens is 400 g/mol. The minimum absolute atomic E-state index is 0.252. The number of rotatable bonds is 5. The molecule has 0 fully saturated rings. The molecule has 0 aliphatic carbocycles. The molecule has 0 radical (unpaired) electrons. The predicted octanol–water partition coefficient (Wildman–Crippen LogP) is 6.48. The second-order valence-electron chi connectivity index (χ2n) is 7.62. The molecule has 0 spiro atoms. The standard InChI is InChI=1S/C28H22O4/c1-18-3-5-19(6-4-18)24-15-25(20-7-11-22(12-8-20)27(29)30)17-26(16-24)21-9-13-23(14-10-21)28(31)32-2/h3-17H,1-2H3,(H,29,30). The summed E-state index contributed by atoms with van der Waals surface area (Å²) >= 11 is 0. The molecule has 32 heavy (non-hydrogen) atoms. The second-order valence-corrected chi connectivity index (χ2v) is 7.62. The summed E-state index contributed by atoms with van der Waals surface area (Å²) in [7, 11) is 1.36. The van der Waals surface area contributed by atoms with Crippen molar-refractivity contribution in [1.82, 2.24) is 0 Å². The Hall–Kier alpha value is -4.18. The summed E-state index contributed by atoms with van der Waals surface area (Å²) in [5.74, 6) is -1.32. The largest absolute Gasteiger partial charge is 0.478 e. The van der Waals surface area contributed by atoms with E-state index in [-0.39, 0.29) is 11.5 Å². The first-order valence-corrected chi connectivity index (χ1v) is 10.2. The lowest BCUT2D eigenvalue weighted by molar-refractivity contribution is 0.0600. The number of carboxylic acids is 1. The SMILES string of the molecule is COC(=O)c1ccc(-c2cc(-c3ccc(C)cc3)cc(-c3ccc(C(=O)O)cc3)c2)cc1. The fraction of sp³-hybridized carbons (Fsp3) is 0.0714. The Labute approximate surface area is 186 Å². The molecule has 0 saturated heterocycles. The Kier molecular flexibility index (Phi) is 5.86. The van der Waals surface area contributed by atoms with Gasteiger partial charge in [0.1, 0.15) is 0 Å². The van der Waals surface area contributed by atoms with Crippen LogP contribution >= 0.6 is 0 Å². The number of hydrogen-bond donors (Lipinski definition) is 1. The van der Waals surface area contributed by atoms with Crippen molar-refractivity contribution in [2.24, 2.45) is 0 Å². The fourth-order valence-electron chi connectivity index (χ4n) is 3.60. The van der Waals surface area contributed by atoms with E-state index >= 15 is 0 Å². The number of aryl methyl sites for hydroxylation is 1. The van der Waals surface area contributed by atoms with Crippen LogP contribution in [0.15, 0.2) is 91.0 Å². The lowest BCUT2D eigenvalue weighted by Gasteiger charge is -2.12. The van der Waals surface area contributed by atoms with Crippen molar-refractivity contribution in [3.63, 3.8) is 0 Å². The Bertz CT molecular complexity index is 1270. The van der Waals surface area contributed by atoms with Crippen molar-refractivity contribution in [2.45, 2.75) is 6.92 Å². The molecule has 0 heterocycles. The third-order valence-electron chi connectivity index (χ3n) is 5.42. The summed E-state index contributed by atoms with van der Waals surface area (Å²) in [6.07, 6.45) is 0. The van der Waals surface area contributed by atoms with E-state index in [0.29, 0.717) is 5.56 Å². The van der Waals surface area contributed by atoms with E-state index in [4.69, 9.17) is 4.74 Å². The van der Waals surface area contributed by atoms with Gasteiger partial charge in [-0.25, -0.2) is 9.59 Å². The van der Waals surface area contributed by atoms with Gasteiger partial charge >= 0.3 is 11.9 Å². The van der Waals surface area contributed by atoms with E-state index in [1.54, 1.807) is 24.3 Å². The lowest BCUT2D eigenvalue weighted by Crippen LogP contribution is -2.00. The second kappa shape index (κ2) is 8.90. The predicted molar refractivity (Wildman–Crippen MR) is 126 cm³/mol. The first kappa shape index (κ1) is 21.1. The zero-order chi connectivity index (χ0) is 22.7. The fourth-order valence-corrected chi connectivity index (χ4v) is 3.60. The van der Waals surface area contributed by atoms with Crippen LogP contribution in [0.4, 0.5) is 0 Å². The Morgan fingerprint density at radius 2 is 0.969 bits per heavy atom. The molecule has 4 heteroatoms. The Morgan fingerprint density at radius 3 is 1.34 bits per heavy atom. The number of carbonyl (C=O) groups is 2. The van der Waals surface area contributed by atoms with Crippen LogP contribution in [0, 0.1) is 6.92 Å². The molecule has 0 saturated carbocycles. The van der Waals surface area contributed by atoms with Gasteiger partial charge in [0.15, 0.2) is 0 Å². The van der Waals surface area contributed by atoms with Crippen LogP contribution in [-0.4, -0.2) is 24.2 Å². The van der Waals surface area contributed by atoms with Crippen LogP contribution in [0.5, 0.6) is 0 Å². The third-order valence-corrected chi connectivity index (χ3v) is 5.42. The molecule has 0 aromatic heterocycles. The van der Waals surface area contributed by atoms with Crippen molar-refractivity contribution in [3.8, 4) is 33.4 Å². The van der Waals surface area contributed by atoms with Gasteiger partial charge in [0.25, 0.3) is 0 Å². The average molecular weight is 422 g/mol. The van der Waals surface area contributed by atoms with Crippen LogP contribution in [0.3, 0.4) is 0 Å². The van der Waals surface area contributed by atoms with Crippen molar-refractivity contribution in [2.75, 3.05) is 7.11 Å².